The summed E-state index contributed by atoms with van der Waals surface area (Å²) in [7, 11) is 0. The lowest BCUT2D eigenvalue weighted by molar-refractivity contribution is 0.0363. The van der Waals surface area contributed by atoms with Gasteiger partial charge >= 0.3 is 0 Å². The van der Waals surface area contributed by atoms with E-state index in [1.807, 2.05) is 0 Å². The summed E-state index contributed by atoms with van der Waals surface area (Å²) in [5.41, 5.74) is 0.915. The van der Waals surface area contributed by atoms with Crippen LogP contribution in [-0.4, -0.2) is 38.5 Å². The fourth-order valence-corrected chi connectivity index (χ4v) is 3.48. The monoisotopic (exact) mass is 368 g/mol. The Morgan fingerprint density at radius 3 is 2.78 bits per heavy atom. The highest BCUT2D eigenvalue weighted by atomic mass is 19.1. The maximum atomic E-state index is 14.2. The van der Waals surface area contributed by atoms with E-state index in [4.69, 9.17) is 4.74 Å². The third-order valence-corrected chi connectivity index (χ3v) is 4.90. The van der Waals surface area contributed by atoms with E-state index in [1.165, 1.54) is 0 Å². The summed E-state index contributed by atoms with van der Waals surface area (Å²) in [5, 5.41) is 23.7. The molecule has 1 saturated heterocycles. The van der Waals surface area contributed by atoms with Crippen LogP contribution in [0.2, 0.25) is 0 Å². The van der Waals surface area contributed by atoms with Gasteiger partial charge in [-0.15, -0.1) is 10.2 Å². The van der Waals surface area contributed by atoms with Gasteiger partial charge in [0, 0.05) is 28.7 Å². The summed E-state index contributed by atoms with van der Waals surface area (Å²) in [6, 6.07) is 5.17. The van der Waals surface area contributed by atoms with Gasteiger partial charge in [-0.05, 0) is 44.9 Å². The van der Waals surface area contributed by atoms with Crippen LogP contribution in [0.1, 0.15) is 25.8 Å². The molecule has 2 aromatic heterocycles. The molecule has 6 nitrogen and oxygen atoms in total. The average Bonchev–Trinajstić information content (AvgIpc) is 2.99. The van der Waals surface area contributed by atoms with Gasteiger partial charge < -0.3 is 15.2 Å². The van der Waals surface area contributed by atoms with Crippen molar-refractivity contribution >= 4 is 16.6 Å². The smallest absolute Gasteiger partial charge is 0.168 e. The largest absolute Gasteiger partial charge is 0.504 e. The molecular weight excluding hydrogens is 347 g/mol. The van der Waals surface area contributed by atoms with E-state index < -0.39 is 11.6 Å². The Morgan fingerprint density at radius 1 is 1.22 bits per heavy atom. The Bertz CT molecular complexity index is 1020. The topological polar surface area (TPSA) is 80.2 Å². The summed E-state index contributed by atoms with van der Waals surface area (Å²) in [6.07, 6.45) is 4.18. The first-order valence-electron chi connectivity index (χ1n) is 8.85. The zero-order valence-electron chi connectivity index (χ0n) is 15.5. The van der Waals surface area contributed by atoms with Gasteiger partial charge in [0.2, 0.25) is 0 Å². The van der Waals surface area contributed by atoms with Crippen LogP contribution in [0.5, 0.6) is 5.75 Å². The molecule has 1 aromatic carbocycles. The summed E-state index contributed by atoms with van der Waals surface area (Å²) in [6.45, 7) is 6.29. The minimum absolute atomic E-state index is 0.119. The molecule has 3 aromatic rings. The highest BCUT2D eigenvalue weighted by Gasteiger charge is 2.32. The Balaban J connectivity index is 1.79. The SMILES string of the molecule is Cc1ccc(-c2nnc(NC3COC(C)(C)C3)c3cnccc23)c(O)c1F. The standard InChI is InChI=1S/C20H21FN4O2/c1-11-4-5-14(18(26)16(11)21)17-13-6-7-22-9-15(13)19(25-24-17)23-12-8-20(2,3)27-10-12/h4-7,9,12,26H,8,10H2,1-3H3,(H,23,25). The number of phenolic OH excluding ortho intramolecular Hbond substituents is 1. The second-order valence-electron chi connectivity index (χ2n) is 7.53. The number of anilines is 1. The summed E-state index contributed by atoms with van der Waals surface area (Å²) < 4.78 is 19.9. The fourth-order valence-electron chi connectivity index (χ4n) is 3.48. The van der Waals surface area contributed by atoms with E-state index in [9.17, 15) is 9.50 Å². The first-order valence-corrected chi connectivity index (χ1v) is 8.85. The maximum absolute atomic E-state index is 14.2. The average molecular weight is 368 g/mol. The molecule has 1 aliphatic rings. The van der Waals surface area contributed by atoms with Gasteiger partial charge in [-0.25, -0.2) is 4.39 Å². The Kier molecular flexibility index (Phi) is 4.19. The number of hydrogen-bond acceptors (Lipinski definition) is 6. The number of aromatic hydroxyl groups is 1. The zero-order valence-corrected chi connectivity index (χ0v) is 15.5. The number of phenols is 1. The quantitative estimate of drug-likeness (QED) is 0.731. The fraction of sp³-hybridized carbons (Fsp3) is 0.350. The minimum Gasteiger partial charge on any atom is -0.504 e. The molecule has 0 saturated carbocycles. The first kappa shape index (κ1) is 17.6. The lowest BCUT2D eigenvalue weighted by Gasteiger charge is -2.17. The number of halogens is 1. The van der Waals surface area contributed by atoms with E-state index in [-0.39, 0.29) is 11.6 Å². The predicted molar refractivity (Wildman–Crippen MR) is 101 cm³/mol. The maximum Gasteiger partial charge on any atom is 0.168 e. The summed E-state index contributed by atoms with van der Waals surface area (Å²) >= 11 is 0. The zero-order chi connectivity index (χ0) is 19.2. The van der Waals surface area contributed by atoms with Gasteiger partial charge in [-0.1, -0.05) is 6.07 Å². The van der Waals surface area contributed by atoms with Gasteiger partial charge in [0.1, 0.15) is 5.69 Å². The van der Waals surface area contributed by atoms with Crippen LogP contribution >= 0.6 is 0 Å². The number of aromatic nitrogens is 3. The first-order chi connectivity index (χ1) is 12.9. The van der Waals surface area contributed by atoms with Crippen LogP contribution < -0.4 is 5.32 Å². The van der Waals surface area contributed by atoms with Crippen molar-refractivity contribution in [2.24, 2.45) is 0 Å². The van der Waals surface area contributed by atoms with Gasteiger partial charge in [-0.3, -0.25) is 4.98 Å². The lowest BCUT2D eigenvalue weighted by atomic mass is 10.0. The predicted octanol–water partition coefficient (Wildman–Crippen LogP) is 3.82. The van der Waals surface area contributed by atoms with Crippen molar-refractivity contribution in [1.29, 1.82) is 0 Å². The molecule has 140 valence electrons. The summed E-state index contributed by atoms with van der Waals surface area (Å²) in [4.78, 5) is 4.19. The minimum atomic E-state index is -0.649. The number of aryl methyl sites for hydroxylation is 1. The molecule has 0 spiro atoms. The number of pyridine rings is 1. The Morgan fingerprint density at radius 2 is 2.04 bits per heavy atom. The molecule has 0 amide bonds. The van der Waals surface area contributed by atoms with Crippen molar-refractivity contribution in [3.05, 3.63) is 42.0 Å². The van der Waals surface area contributed by atoms with Crippen molar-refractivity contribution in [3.63, 3.8) is 0 Å². The highest BCUT2D eigenvalue weighted by Crippen LogP contribution is 2.37. The second-order valence-corrected chi connectivity index (χ2v) is 7.53. The normalized spacial score (nSPS) is 18.7. The van der Waals surface area contributed by atoms with Crippen molar-refractivity contribution < 1.29 is 14.2 Å². The van der Waals surface area contributed by atoms with Crippen LogP contribution in [-0.2, 0) is 4.74 Å². The lowest BCUT2D eigenvalue weighted by Crippen LogP contribution is -2.23. The molecule has 0 radical (unpaired) electrons. The summed E-state index contributed by atoms with van der Waals surface area (Å²) in [5.74, 6) is -0.474. The Labute approximate surface area is 156 Å². The van der Waals surface area contributed by atoms with Gasteiger partial charge in [0.25, 0.3) is 0 Å². The van der Waals surface area contributed by atoms with Crippen molar-refractivity contribution in [2.75, 3.05) is 11.9 Å². The third-order valence-electron chi connectivity index (χ3n) is 4.90. The number of fused-ring (bicyclic) bond motifs is 1. The number of nitrogens with zero attached hydrogens (tertiary/aromatic N) is 3. The van der Waals surface area contributed by atoms with Gasteiger partial charge in [0.05, 0.1) is 18.2 Å². The second kappa shape index (κ2) is 6.42. The van der Waals surface area contributed by atoms with Gasteiger partial charge in [-0.2, -0.15) is 0 Å². The molecule has 2 N–H and O–H groups in total. The Hall–Kier alpha value is -2.80. The number of nitrogens with one attached hydrogen (secondary N) is 1. The van der Waals surface area contributed by atoms with Crippen LogP contribution in [0.4, 0.5) is 10.2 Å². The number of hydrogen-bond donors (Lipinski definition) is 2. The van der Waals surface area contributed by atoms with Crippen molar-refractivity contribution in [3.8, 4) is 17.0 Å². The van der Waals surface area contributed by atoms with Crippen LogP contribution in [0.25, 0.3) is 22.0 Å². The van der Waals surface area contributed by atoms with E-state index in [2.05, 4.69) is 34.3 Å². The van der Waals surface area contributed by atoms with E-state index in [0.717, 1.165) is 17.2 Å². The molecule has 3 heterocycles. The molecule has 0 bridgehead atoms. The molecule has 1 fully saturated rings. The third kappa shape index (κ3) is 3.19. The highest BCUT2D eigenvalue weighted by molar-refractivity contribution is 6.00. The van der Waals surface area contributed by atoms with Crippen LogP contribution in [0.3, 0.4) is 0 Å². The van der Waals surface area contributed by atoms with Crippen molar-refractivity contribution in [2.45, 2.75) is 38.8 Å². The van der Waals surface area contributed by atoms with E-state index >= 15 is 0 Å². The van der Waals surface area contributed by atoms with E-state index in [1.54, 1.807) is 37.5 Å². The number of ether oxygens (including phenoxy) is 1. The molecule has 27 heavy (non-hydrogen) atoms. The molecular formula is C20H21FN4O2. The molecule has 1 aliphatic heterocycles. The number of benzene rings is 1. The number of rotatable bonds is 3. The molecule has 7 heteroatoms. The molecule has 4 rings (SSSR count). The molecule has 0 aliphatic carbocycles. The van der Waals surface area contributed by atoms with Crippen molar-refractivity contribution in [1.82, 2.24) is 15.2 Å². The molecule has 1 unspecified atom stereocenters. The van der Waals surface area contributed by atoms with E-state index in [0.29, 0.717) is 29.2 Å². The van der Waals surface area contributed by atoms with Crippen LogP contribution in [0.15, 0.2) is 30.6 Å². The van der Waals surface area contributed by atoms with Gasteiger partial charge in [0.15, 0.2) is 17.4 Å². The molecule has 1 atom stereocenters. The van der Waals surface area contributed by atoms with Crippen LogP contribution in [0, 0.1) is 12.7 Å².